The van der Waals surface area contributed by atoms with Gasteiger partial charge in [0.2, 0.25) is 0 Å². The van der Waals surface area contributed by atoms with E-state index in [0.717, 1.165) is 48.1 Å². The maximum absolute atomic E-state index is 13.7. The summed E-state index contributed by atoms with van der Waals surface area (Å²) >= 11 is 0. The van der Waals surface area contributed by atoms with Crippen LogP contribution in [0.5, 0.6) is 5.75 Å². The standard InChI is InChI=1S/C29H34O2/c1-5-10-28(30)29(25-14-9-8-13-22(25)4)19-31-27-17-23-16-15-20(2)11-6-7-12-21(3)24(23)18-26(27)29/h6-9,11,13-14,17-18,21H,5,10,12,15-16,19H2,1-4H3. The lowest BCUT2D eigenvalue weighted by molar-refractivity contribution is -0.123. The number of rotatable bonds is 4. The molecule has 0 bridgehead atoms. The number of carbonyl (C=O) groups excluding carboxylic acids is 1. The van der Waals surface area contributed by atoms with Crippen molar-refractivity contribution in [1.29, 1.82) is 0 Å². The van der Waals surface area contributed by atoms with Gasteiger partial charge in [-0.1, -0.05) is 68.0 Å². The molecule has 0 saturated heterocycles. The molecule has 0 radical (unpaired) electrons. The van der Waals surface area contributed by atoms with E-state index in [0.29, 0.717) is 18.9 Å². The van der Waals surface area contributed by atoms with Crippen LogP contribution in [0.4, 0.5) is 0 Å². The SMILES string of the molecule is CCCC(=O)C1(c2ccccc2C)COc2cc3c(cc21)C(C)CC=CC=C(C)CC3. The van der Waals surface area contributed by atoms with Gasteiger partial charge < -0.3 is 4.74 Å². The molecule has 0 aromatic heterocycles. The lowest BCUT2D eigenvalue weighted by Crippen LogP contribution is -2.39. The van der Waals surface area contributed by atoms with Gasteiger partial charge in [-0.25, -0.2) is 0 Å². The summed E-state index contributed by atoms with van der Waals surface area (Å²) in [5, 5.41) is 0. The van der Waals surface area contributed by atoms with E-state index in [2.05, 4.69) is 70.2 Å². The van der Waals surface area contributed by atoms with Crippen molar-refractivity contribution in [2.75, 3.05) is 6.61 Å². The summed E-state index contributed by atoms with van der Waals surface area (Å²) in [6.45, 7) is 9.09. The van der Waals surface area contributed by atoms with E-state index in [9.17, 15) is 4.79 Å². The van der Waals surface area contributed by atoms with Crippen LogP contribution in [-0.2, 0) is 16.6 Å². The number of aryl methyl sites for hydroxylation is 2. The molecule has 0 amide bonds. The molecule has 2 heteroatoms. The highest BCUT2D eigenvalue weighted by Crippen LogP contribution is 2.48. The number of ether oxygens (including phenoxy) is 1. The number of carbonyl (C=O) groups is 1. The average molecular weight is 415 g/mol. The van der Waals surface area contributed by atoms with Gasteiger partial charge in [-0.2, -0.15) is 0 Å². The predicted octanol–water partition coefficient (Wildman–Crippen LogP) is 6.99. The fourth-order valence-electron chi connectivity index (χ4n) is 5.18. The highest BCUT2D eigenvalue weighted by atomic mass is 16.5. The molecule has 0 N–H and O–H groups in total. The number of hydrogen-bond acceptors (Lipinski definition) is 2. The maximum Gasteiger partial charge on any atom is 0.151 e. The number of hydrogen-bond donors (Lipinski definition) is 0. The third kappa shape index (κ3) is 3.89. The lowest BCUT2D eigenvalue weighted by Gasteiger charge is -2.30. The molecule has 2 nitrogen and oxygen atoms in total. The summed E-state index contributed by atoms with van der Waals surface area (Å²) in [5.41, 5.74) is 6.73. The quantitative estimate of drug-likeness (QED) is 0.539. The molecule has 0 saturated carbocycles. The van der Waals surface area contributed by atoms with Crippen molar-refractivity contribution >= 4 is 5.78 Å². The third-order valence-corrected chi connectivity index (χ3v) is 7.03. The first-order chi connectivity index (χ1) is 15.0. The van der Waals surface area contributed by atoms with E-state index in [1.165, 1.54) is 16.7 Å². The van der Waals surface area contributed by atoms with E-state index >= 15 is 0 Å². The predicted molar refractivity (Wildman–Crippen MR) is 128 cm³/mol. The molecule has 1 heterocycles. The molecule has 2 unspecified atom stereocenters. The minimum absolute atomic E-state index is 0.272. The molecular formula is C29H34O2. The number of fused-ring (bicyclic) bond motifs is 2. The van der Waals surface area contributed by atoms with E-state index < -0.39 is 5.41 Å². The van der Waals surface area contributed by atoms with Crippen LogP contribution in [0.1, 0.15) is 80.2 Å². The molecule has 0 fully saturated rings. The lowest BCUT2D eigenvalue weighted by atomic mass is 9.69. The highest BCUT2D eigenvalue weighted by Gasteiger charge is 2.49. The Balaban J connectivity index is 1.90. The van der Waals surface area contributed by atoms with Crippen molar-refractivity contribution in [1.82, 2.24) is 0 Å². The summed E-state index contributed by atoms with van der Waals surface area (Å²) in [5.74, 6) is 1.57. The second-order valence-corrected chi connectivity index (χ2v) is 9.31. The Morgan fingerprint density at radius 2 is 1.94 bits per heavy atom. The zero-order valence-corrected chi connectivity index (χ0v) is 19.3. The molecular weight excluding hydrogens is 380 g/mol. The van der Waals surface area contributed by atoms with E-state index in [1.54, 1.807) is 0 Å². The Morgan fingerprint density at radius 3 is 2.71 bits per heavy atom. The molecule has 1 aliphatic carbocycles. The monoisotopic (exact) mass is 414 g/mol. The molecule has 31 heavy (non-hydrogen) atoms. The van der Waals surface area contributed by atoms with Crippen LogP contribution in [0.3, 0.4) is 0 Å². The zero-order chi connectivity index (χ0) is 22.0. The Kier molecular flexibility index (Phi) is 6.18. The van der Waals surface area contributed by atoms with Crippen LogP contribution < -0.4 is 4.74 Å². The first-order valence-electron chi connectivity index (χ1n) is 11.7. The summed E-state index contributed by atoms with van der Waals surface area (Å²) in [6.07, 6.45) is 11.1. The van der Waals surface area contributed by atoms with Crippen LogP contribution in [0, 0.1) is 6.92 Å². The highest BCUT2D eigenvalue weighted by molar-refractivity contribution is 5.96. The molecule has 2 atom stereocenters. The fourth-order valence-corrected chi connectivity index (χ4v) is 5.18. The maximum atomic E-state index is 13.7. The smallest absolute Gasteiger partial charge is 0.151 e. The second kappa shape index (κ2) is 8.86. The van der Waals surface area contributed by atoms with E-state index in [1.807, 2.05) is 12.1 Å². The first kappa shape index (κ1) is 21.6. The third-order valence-electron chi connectivity index (χ3n) is 7.03. The van der Waals surface area contributed by atoms with Crippen LogP contribution in [0.25, 0.3) is 0 Å². The topological polar surface area (TPSA) is 26.3 Å². The molecule has 1 aliphatic heterocycles. The molecule has 162 valence electrons. The minimum Gasteiger partial charge on any atom is -0.491 e. The van der Waals surface area contributed by atoms with E-state index in [-0.39, 0.29) is 5.78 Å². The van der Waals surface area contributed by atoms with Crippen LogP contribution >= 0.6 is 0 Å². The minimum atomic E-state index is -0.702. The van der Waals surface area contributed by atoms with Gasteiger partial charge in [0.05, 0.1) is 0 Å². The van der Waals surface area contributed by atoms with Gasteiger partial charge in [0, 0.05) is 12.0 Å². The Labute approximate surface area is 187 Å². The van der Waals surface area contributed by atoms with Gasteiger partial charge in [-0.3, -0.25) is 4.79 Å². The van der Waals surface area contributed by atoms with Crippen LogP contribution in [-0.4, -0.2) is 12.4 Å². The molecule has 2 aliphatic rings. The van der Waals surface area contributed by atoms with Crippen LogP contribution in [0.2, 0.25) is 0 Å². The molecule has 4 rings (SSSR count). The number of allylic oxidation sites excluding steroid dienone is 4. The van der Waals surface area contributed by atoms with Crippen molar-refractivity contribution in [2.24, 2.45) is 0 Å². The number of ketones is 1. The largest absolute Gasteiger partial charge is 0.491 e. The first-order valence-corrected chi connectivity index (χ1v) is 11.7. The Hall–Kier alpha value is -2.61. The molecule has 0 spiro atoms. The summed E-state index contributed by atoms with van der Waals surface area (Å²) in [6, 6.07) is 12.9. The second-order valence-electron chi connectivity index (χ2n) is 9.31. The van der Waals surface area contributed by atoms with E-state index in [4.69, 9.17) is 4.74 Å². The normalized spacial score (nSPS) is 22.8. The summed E-state index contributed by atoms with van der Waals surface area (Å²) in [4.78, 5) is 13.7. The molecule has 2 aromatic carbocycles. The van der Waals surface area contributed by atoms with Gasteiger partial charge in [0.1, 0.15) is 17.8 Å². The zero-order valence-electron chi connectivity index (χ0n) is 19.3. The summed E-state index contributed by atoms with van der Waals surface area (Å²) < 4.78 is 6.30. The number of benzene rings is 2. The van der Waals surface area contributed by atoms with Gasteiger partial charge >= 0.3 is 0 Å². The number of Topliss-reactive ketones (excluding diaryl/α,β-unsaturated/α-hetero) is 1. The Morgan fingerprint density at radius 1 is 1.13 bits per heavy atom. The van der Waals surface area contributed by atoms with Gasteiger partial charge in [-0.15, -0.1) is 0 Å². The van der Waals surface area contributed by atoms with Gasteiger partial charge in [-0.05, 0) is 73.8 Å². The average Bonchev–Trinajstić information content (AvgIpc) is 3.14. The van der Waals surface area contributed by atoms with Crippen molar-refractivity contribution in [2.45, 2.75) is 71.1 Å². The van der Waals surface area contributed by atoms with Crippen molar-refractivity contribution in [3.05, 3.63) is 88.0 Å². The Bertz CT molecular complexity index is 1040. The fraction of sp³-hybridized carbons (Fsp3) is 0.414. The van der Waals surface area contributed by atoms with Gasteiger partial charge in [0.25, 0.3) is 0 Å². The molecule has 2 aromatic rings. The van der Waals surface area contributed by atoms with Crippen LogP contribution in [0.15, 0.2) is 60.2 Å². The van der Waals surface area contributed by atoms with Crippen molar-refractivity contribution < 1.29 is 9.53 Å². The summed E-state index contributed by atoms with van der Waals surface area (Å²) in [7, 11) is 0. The van der Waals surface area contributed by atoms with Crippen molar-refractivity contribution in [3.8, 4) is 5.75 Å². The van der Waals surface area contributed by atoms with Crippen molar-refractivity contribution in [3.63, 3.8) is 0 Å². The van der Waals surface area contributed by atoms with Gasteiger partial charge in [0.15, 0.2) is 5.78 Å².